The first kappa shape index (κ1) is 18.8. The van der Waals surface area contributed by atoms with Gasteiger partial charge < -0.3 is 0 Å². The number of likely N-dealkylation sites (tertiary alicyclic amines) is 1. The van der Waals surface area contributed by atoms with E-state index in [-0.39, 0.29) is 11.9 Å². The number of amides is 1. The molecule has 5 nitrogen and oxygen atoms in total. The fourth-order valence-corrected chi connectivity index (χ4v) is 4.35. The molecule has 1 fully saturated rings. The molecule has 1 aliphatic rings. The fraction of sp³-hybridized carbons (Fsp3) is 0.318. The molecule has 0 unspecified atom stereocenters. The van der Waals surface area contributed by atoms with Gasteiger partial charge in [0.25, 0.3) is 5.91 Å². The summed E-state index contributed by atoms with van der Waals surface area (Å²) in [6.07, 6.45) is 4.09. The summed E-state index contributed by atoms with van der Waals surface area (Å²) in [6, 6.07) is 11.9. The molecule has 1 saturated heterocycles. The van der Waals surface area contributed by atoms with Gasteiger partial charge in [-0.25, -0.2) is 4.98 Å². The summed E-state index contributed by atoms with van der Waals surface area (Å²) in [7, 11) is 0. The lowest BCUT2D eigenvalue weighted by Gasteiger charge is -2.23. The zero-order valence-electron chi connectivity index (χ0n) is 16.2. The van der Waals surface area contributed by atoms with Gasteiger partial charge in [-0.2, -0.15) is 0 Å². The smallest absolute Gasteiger partial charge is 0.257 e. The third-order valence-corrected chi connectivity index (χ3v) is 6.01. The molecule has 144 valence electrons. The van der Waals surface area contributed by atoms with Crippen LogP contribution in [0.3, 0.4) is 0 Å². The highest BCUT2D eigenvalue weighted by Crippen LogP contribution is 2.34. The van der Waals surface area contributed by atoms with Gasteiger partial charge in [0, 0.05) is 23.7 Å². The molecule has 2 aromatic heterocycles. The van der Waals surface area contributed by atoms with Gasteiger partial charge in [-0.05, 0) is 57.0 Å². The SMILES string of the molecule is Cc1ccc(C(=O)Nc2nc([C@@H]3CCCN3Cc3ncccc3C)cs2)cc1. The van der Waals surface area contributed by atoms with E-state index in [1.807, 2.05) is 43.5 Å². The maximum absolute atomic E-state index is 12.4. The molecule has 1 atom stereocenters. The minimum atomic E-state index is -0.117. The van der Waals surface area contributed by atoms with Crippen LogP contribution in [0.5, 0.6) is 0 Å². The molecule has 0 saturated carbocycles. The van der Waals surface area contributed by atoms with E-state index >= 15 is 0 Å². The molecule has 0 bridgehead atoms. The second-order valence-corrected chi connectivity index (χ2v) is 8.15. The Morgan fingerprint density at radius 3 is 2.86 bits per heavy atom. The summed E-state index contributed by atoms with van der Waals surface area (Å²) < 4.78 is 0. The summed E-state index contributed by atoms with van der Waals surface area (Å²) in [5, 5.41) is 5.66. The van der Waals surface area contributed by atoms with Crippen LogP contribution in [0.2, 0.25) is 0 Å². The monoisotopic (exact) mass is 392 g/mol. The lowest BCUT2D eigenvalue weighted by molar-refractivity contribution is 0.102. The molecule has 0 spiro atoms. The molecular formula is C22H24N4OS. The van der Waals surface area contributed by atoms with Crippen molar-refractivity contribution in [1.29, 1.82) is 0 Å². The van der Waals surface area contributed by atoms with Gasteiger partial charge in [0.15, 0.2) is 5.13 Å². The van der Waals surface area contributed by atoms with Gasteiger partial charge in [0.2, 0.25) is 0 Å². The molecule has 4 rings (SSSR count). The first-order valence-corrected chi connectivity index (χ1v) is 10.5. The van der Waals surface area contributed by atoms with Crippen LogP contribution >= 0.6 is 11.3 Å². The van der Waals surface area contributed by atoms with Crippen LogP contribution in [0.15, 0.2) is 48.0 Å². The van der Waals surface area contributed by atoms with E-state index in [0.717, 1.165) is 42.9 Å². The minimum absolute atomic E-state index is 0.117. The van der Waals surface area contributed by atoms with Gasteiger partial charge >= 0.3 is 0 Å². The lowest BCUT2D eigenvalue weighted by Crippen LogP contribution is -2.24. The number of carbonyl (C=O) groups excluding carboxylic acids is 1. The molecular weight excluding hydrogens is 368 g/mol. The number of nitrogens with zero attached hydrogens (tertiary/aromatic N) is 3. The van der Waals surface area contributed by atoms with Crippen LogP contribution in [-0.4, -0.2) is 27.3 Å². The number of rotatable bonds is 5. The number of pyridine rings is 1. The molecule has 6 heteroatoms. The Kier molecular flexibility index (Phi) is 5.50. The molecule has 0 aliphatic carbocycles. The summed E-state index contributed by atoms with van der Waals surface area (Å²) in [6.45, 7) is 5.99. The molecule has 3 aromatic rings. The second kappa shape index (κ2) is 8.20. The Morgan fingerprint density at radius 2 is 2.07 bits per heavy atom. The lowest BCUT2D eigenvalue weighted by atomic mass is 10.1. The number of benzene rings is 1. The van der Waals surface area contributed by atoms with Crippen molar-refractivity contribution in [3.63, 3.8) is 0 Å². The average Bonchev–Trinajstić information content (AvgIpc) is 3.33. The van der Waals surface area contributed by atoms with E-state index in [9.17, 15) is 4.79 Å². The molecule has 28 heavy (non-hydrogen) atoms. The Balaban J connectivity index is 1.45. The summed E-state index contributed by atoms with van der Waals surface area (Å²) in [5.41, 5.74) is 5.17. The Bertz CT molecular complexity index is 967. The van der Waals surface area contributed by atoms with Crippen molar-refractivity contribution in [2.75, 3.05) is 11.9 Å². The third kappa shape index (κ3) is 4.13. The van der Waals surface area contributed by atoms with Crippen LogP contribution in [0.25, 0.3) is 0 Å². The van der Waals surface area contributed by atoms with E-state index in [1.54, 1.807) is 0 Å². The number of hydrogen-bond acceptors (Lipinski definition) is 5. The number of aromatic nitrogens is 2. The topological polar surface area (TPSA) is 58.1 Å². The van der Waals surface area contributed by atoms with E-state index in [0.29, 0.717) is 10.7 Å². The molecule has 1 amide bonds. The van der Waals surface area contributed by atoms with E-state index in [4.69, 9.17) is 4.98 Å². The van der Waals surface area contributed by atoms with Gasteiger partial charge in [0.1, 0.15) is 0 Å². The zero-order chi connectivity index (χ0) is 19.5. The maximum atomic E-state index is 12.4. The van der Waals surface area contributed by atoms with Crippen LogP contribution in [0.1, 0.15) is 51.8 Å². The first-order chi connectivity index (χ1) is 13.6. The Morgan fingerprint density at radius 1 is 1.25 bits per heavy atom. The summed E-state index contributed by atoms with van der Waals surface area (Å²) in [4.78, 5) is 24.1. The fourth-order valence-electron chi connectivity index (χ4n) is 3.60. The quantitative estimate of drug-likeness (QED) is 0.681. The average molecular weight is 393 g/mol. The Hall–Kier alpha value is -2.57. The number of anilines is 1. The number of carbonyl (C=O) groups is 1. The zero-order valence-corrected chi connectivity index (χ0v) is 17.0. The molecule has 1 aliphatic heterocycles. The number of thiazole rings is 1. The normalized spacial score (nSPS) is 17.0. The van der Waals surface area contributed by atoms with Crippen LogP contribution in [-0.2, 0) is 6.54 Å². The molecule has 1 N–H and O–H groups in total. The van der Waals surface area contributed by atoms with Crippen molar-refractivity contribution >= 4 is 22.4 Å². The van der Waals surface area contributed by atoms with E-state index < -0.39 is 0 Å². The van der Waals surface area contributed by atoms with E-state index in [2.05, 4.69) is 33.6 Å². The summed E-state index contributed by atoms with van der Waals surface area (Å²) >= 11 is 1.49. The Labute approximate surface area is 169 Å². The third-order valence-electron chi connectivity index (χ3n) is 5.23. The van der Waals surface area contributed by atoms with Crippen molar-refractivity contribution in [3.8, 4) is 0 Å². The van der Waals surface area contributed by atoms with Gasteiger partial charge in [-0.1, -0.05) is 23.8 Å². The predicted molar refractivity (Wildman–Crippen MR) is 113 cm³/mol. The predicted octanol–water partition coefficient (Wildman–Crippen LogP) is 4.74. The number of aryl methyl sites for hydroxylation is 2. The summed E-state index contributed by atoms with van der Waals surface area (Å²) in [5.74, 6) is -0.117. The highest BCUT2D eigenvalue weighted by molar-refractivity contribution is 7.14. The number of nitrogens with one attached hydrogen (secondary N) is 1. The van der Waals surface area contributed by atoms with Crippen molar-refractivity contribution in [2.45, 2.75) is 39.3 Å². The molecule has 0 radical (unpaired) electrons. The minimum Gasteiger partial charge on any atom is -0.298 e. The largest absolute Gasteiger partial charge is 0.298 e. The molecule has 3 heterocycles. The highest BCUT2D eigenvalue weighted by atomic mass is 32.1. The van der Waals surface area contributed by atoms with Gasteiger partial charge in [0.05, 0.1) is 17.4 Å². The van der Waals surface area contributed by atoms with Crippen molar-refractivity contribution in [2.24, 2.45) is 0 Å². The van der Waals surface area contributed by atoms with Crippen molar-refractivity contribution < 1.29 is 4.79 Å². The molecule has 1 aromatic carbocycles. The van der Waals surface area contributed by atoms with Crippen LogP contribution in [0.4, 0.5) is 5.13 Å². The van der Waals surface area contributed by atoms with Crippen LogP contribution in [0, 0.1) is 13.8 Å². The second-order valence-electron chi connectivity index (χ2n) is 7.29. The van der Waals surface area contributed by atoms with Gasteiger partial charge in [-0.3, -0.25) is 20.0 Å². The maximum Gasteiger partial charge on any atom is 0.257 e. The van der Waals surface area contributed by atoms with Gasteiger partial charge in [-0.15, -0.1) is 11.3 Å². The van der Waals surface area contributed by atoms with Crippen molar-refractivity contribution in [1.82, 2.24) is 14.9 Å². The highest BCUT2D eigenvalue weighted by Gasteiger charge is 2.28. The standard InChI is InChI=1S/C22H24N4OS/c1-15-7-9-17(10-8-15)21(27)25-22-24-19(14-28-22)20-6-4-12-26(20)13-18-16(2)5-3-11-23-18/h3,5,7-11,14,20H,4,6,12-13H2,1-2H3,(H,24,25,27)/t20-/m0/s1. The van der Waals surface area contributed by atoms with Crippen LogP contribution < -0.4 is 5.32 Å². The first-order valence-electron chi connectivity index (χ1n) is 9.58. The number of hydrogen-bond donors (Lipinski definition) is 1. The van der Waals surface area contributed by atoms with E-state index in [1.165, 1.54) is 16.9 Å². The van der Waals surface area contributed by atoms with Crippen molar-refractivity contribution in [3.05, 3.63) is 76.1 Å².